The number of rotatable bonds is 22. The van der Waals surface area contributed by atoms with Crippen LogP contribution in [0.2, 0.25) is 0 Å². The maximum Gasteiger partial charge on any atom is 0.415 e. The molecule has 81 heavy (non-hydrogen) atoms. The Morgan fingerprint density at radius 2 is 1.32 bits per heavy atom. The second-order valence-corrected chi connectivity index (χ2v) is 21.0. The van der Waals surface area contributed by atoms with Crippen LogP contribution >= 0.6 is 0 Å². The first-order chi connectivity index (χ1) is 39.7. The summed E-state index contributed by atoms with van der Waals surface area (Å²) in [5, 5.41) is 3.91. The van der Waals surface area contributed by atoms with Gasteiger partial charge in [0.2, 0.25) is 5.91 Å². The van der Waals surface area contributed by atoms with Gasteiger partial charge in [-0.1, -0.05) is 44.2 Å². The second kappa shape index (κ2) is 25.2. The summed E-state index contributed by atoms with van der Waals surface area (Å²) in [7, 11) is 0. The number of cyclic esters (lactones) is 1. The number of pyridine rings is 6. The normalized spacial score (nSPS) is 15.4. The first-order valence-corrected chi connectivity index (χ1v) is 28.1. The van der Waals surface area contributed by atoms with E-state index in [0.29, 0.717) is 127 Å². The van der Waals surface area contributed by atoms with Crippen molar-refractivity contribution >= 4 is 28.9 Å². The summed E-state index contributed by atoms with van der Waals surface area (Å²) >= 11 is 0. The van der Waals surface area contributed by atoms with Crippen molar-refractivity contribution < 1.29 is 28.6 Å². The number of hydrogen-bond donors (Lipinski definition) is 1. The van der Waals surface area contributed by atoms with Crippen LogP contribution in [0.1, 0.15) is 108 Å². The molecule has 0 spiro atoms. The molecule has 1 fully saturated rings. The number of carbonyl (C=O) groups excluding carboxylic acids is 3. The van der Waals surface area contributed by atoms with Crippen molar-refractivity contribution in [1.82, 2.24) is 49.5 Å². The van der Waals surface area contributed by atoms with Crippen LogP contribution in [-0.2, 0) is 73.2 Å². The van der Waals surface area contributed by atoms with Crippen LogP contribution in [0.4, 0.5) is 4.79 Å². The molecule has 3 aliphatic heterocycles. The molecule has 3 aliphatic rings. The highest BCUT2D eigenvalue weighted by molar-refractivity contribution is 5.91. The van der Waals surface area contributed by atoms with Crippen molar-refractivity contribution in [2.75, 3.05) is 19.7 Å². The molecular formula is C64H66N10O7. The molecule has 0 saturated carbocycles. The Kier molecular flexibility index (Phi) is 16.9. The van der Waals surface area contributed by atoms with Crippen LogP contribution in [0.5, 0.6) is 11.5 Å². The first kappa shape index (κ1) is 54.3. The van der Waals surface area contributed by atoms with Crippen LogP contribution in [0.25, 0.3) is 22.3 Å². The zero-order valence-electron chi connectivity index (χ0n) is 45.8. The lowest BCUT2D eigenvalue weighted by Gasteiger charge is -2.25. The Bertz CT molecular complexity index is 3400. The number of aromatic nitrogens is 6. The van der Waals surface area contributed by atoms with E-state index in [4.69, 9.17) is 19.2 Å². The molecule has 414 valence electrons. The van der Waals surface area contributed by atoms with Gasteiger partial charge in [0.25, 0.3) is 5.56 Å². The van der Waals surface area contributed by atoms with Crippen molar-refractivity contribution in [1.29, 1.82) is 0 Å². The van der Waals surface area contributed by atoms with Gasteiger partial charge in [0.1, 0.15) is 24.1 Å². The third-order valence-electron chi connectivity index (χ3n) is 15.4. The molecule has 0 bridgehead atoms. The van der Waals surface area contributed by atoms with Crippen molar-refractivity contribution in [2.24, 2.45) is 0 Å². The summed E-state index contributed by atoms with van der Waals surface area (Å²) in [6.07, 6.45) is 10.4. The van der Waals surface area contributed by atoms with Gasteiger partial charge in [-0.05, 0) is 146 Å². The second-order valence-electron chi connectivity index (χ2n) is 21.0. The lowest BCUT2D eigenvalue weighted by molar-refractivity contribution is -0.148. The van der Waals surface area contributed by atoms with Crippen LogP contribution in [-0.4, -0.2) is 87.9 Å². The van der Waals surface area contributed by atoms with E-state index in [0.717, 1.165) is 67.4 Å². The molecule has 8 aromatic rings. The minimum Gasteiger partial charge on any atom is -0.494 e. The fraction of sp³-hybridized carbons (Fsp3) is 0.328. The number of fused-ring (bicyclic) bond motifs is 5. The molecule has 11 rings (SSSR count). The number of carbonyl (C=O) groups is 3. The fourth-order valence-corrected chi connectivity index (χ4v) is 11.5. The molecule has 1 saturated heterocycles. The van der Waals surface area contributed by atoms with Crippen molar-refractivity contribution in [3.05, 3.63) is 207 Å². The summed E-state index contributed by atoms with van der Waals surface area (Å²) in [5.41, 5.74) is 11.2. The van der Waals surface area contributed by atoms with Crippen molar-refractivity contribution in [3.8, 4) is 22.9 Å². The maximum absolute atomic E-state index is 13.8. The van der Waals surface area contributed by atoms with Gasteiger partial charge < -0.3 is 24.1 Å². The minimum atomic E-state index is -0.660. The molecule has 0 aliphatic carbocycles. The number of hydrogen-bond acceptors (Lipinski definition) is 14. The summed E-state index contributed by atoms with van der Waals surface area (Å²) in [6.45, 7) is 9.30. The fourth-order valence-electron chi connectivity index (χ4n) is 11.5. The third-order valence-corrected chi connectivity index (χ3v) is 15.4. The minimum absolute atomic E-state index is 0.0360. The average Bonchev–Trinajstić information content (AvgIpc) is 3.79. The Labute approximate surface area is 471 Å². The SMILES string of the molecule is CCc1c2c(nc3ccc(OC(=O)N4CCCC4C(=O)NCCCCOc4cc(CN(Cc5ccccn5)Cc5ccccn5)cc(CN(Cc5ccccn5)Cc5ccccn5)c4)cc13)-c1cc3c(c(=O)n1C2)COC(=O)C3CC. The first-order valence-electron chi connectivity index (χ1n) is 28.1. The van der Waals surface area contributed by atoms with E-state index in [1.165, 1.54) is 4.90 Å². The largest absolute Gasteiger partial charge is 0.494 e. The number of amides is 2. The number of likely N-dealkylation sites (tertiary alicyclic amines) is 1. The molecule has 9 heterocycles. The maximum atomic E-state index is 13.8. The highest BCUT2D eigenvalue weighted by atomic mass is 16.6. The zero-order chi connectivity index (χ0) is 55.7. The predicted octanol–water partition coefficient (Wildman–Crippen LogP) is 9.46. The number of nitrogens with zero attached hydrogens (tertiary/aromatic N) is 9. The Balaban J connectivity index is 0.731. The number of aryl methyl sites for hydroxylation is 1. The number of nitrogens with one attached hydrogen (secondary N) is 1. The van der Waals surface area contributed by atoms with Gasteiger partial charge in [-0.2, -0.15) is 0 Å². The van der Waals surface area contributed by atoms with Gasteiger partial charge in [-0.3, -0.25) is 49.0 Å². The summed E-state index contributed by atoms with van der Waals surface area (Å²) in [6, 6.07) is 37.1. The van der Waals surface area contributed by atoms with E-state index >= 15 is 0 Å². The van der Waals surface area contributed by atoms with Gasteiger partial charge >= 0.3 is 12.1 Å². The van der Waals surface area contributed by atoms with Crippen molar-refractivity contribution in [3.63, 3.8) is 0 Å². The van der Waals surface area contributed by atoms with E-state index in [1.54, 1.807) is 10.6 Å². The quantitative estimate of drug-likeness (QED) is 0.0499. The predicted molar refractivity (Wildman–Crippen MR) is 306 cm³/mol. The zero-order valence-corrected chi connectivity index (χ0v) is 45.8. The molecule has 2 amide bonds. The Morgan fingerprint density at radius 1 is 0.704 bits per heavy atom. The average molecular weight is 1090 g/mol. The van der Waals surface area contributed by atoms with Crippen molar-refractivity contribution in [2.45, 2.75) is 117 Å². The van der Waals surface area contributed by atoms with Gasteiger partial charge in [0.15, 0.2) is 0 Å². The standard InChI is InChI=1S/C64H66N10O7/c1-3-51-54-33-49(21-22-57(54)70-60-55(51)41-74-59(60)34-53-52(4-2)63(77)80-42-56(53)62(74)76)81-64(78)73-28-15-20-58(73)61(75)69-27-13-14-29-79-50-31-43(35-71(37-45-16-5-9-23-65-45)38-46-17-6-10-24-66-46)30-44(32-50)36-72(39-47-18-7-11-25-67-47)40-48-19-8-12-26-68-48/h5-12,16-19,21-26,30-34,52,58H,3-4,13-15,20,27-29,35-42H2,1-2H3,(H,69,75). The molecule has 17 heteroatoms. The van der Waals surface area contributed by atoms with Crippen LogP contribution < -0.4 is 20.3 Å². The van der Waals surface area contributed by atoms with E-state index in [9.17, 15) is 19.2 Å². The van der Waals surface area contributed by atoms with E-state index in [1.807, 2.05) is 123 Å². The Morgan fingerprint density at radius 3 is 1.89 bits per heavy atom. The smallest absolute Gasteiger partial charge is 0.415 e. The number of ether oxygens (including phenoxy) is 3. The lowest BCUT2D eigenvalue weighted by Crippen LogP contribution is -2.47. The number of benzene rings is 2. The van der Waals surface area contributed by atoms with E-state index < -0.39 is 18.1 Å². The molecule has 17 nitrogen and oxygen atoms in total. The molecule has 0 radical (unpaired) electrons. The molecule has 2 aromatic carbocycles. The summed E-state index contributed by atoms with van der Waals surface area (Å²) in [4.78, 5) is 83.9. The van der Waals surface area contributed by atoms with Gasteiger partial charge in [-0.15, -0.1) is 0 Å². The van der Waals surface area contributed by atoms with Gasteiger partial charge in [0.05, 0.1) is 64.3 Å². The highest BCUT2D eigenvalue weighted by Crippen LogP contribution is 2.40. The topological polar surface area (TPSA) is 187 Å². The number of unbranched alkanes of at least 4 members (excludes halogenated alkanes) is 1. The third kappa shape index (κ3) is 12.7. The molecule has 1 N–H and O–H groups in total. The number of esters is 1. The van der Waals surface area contributed by atoms with E-state index in [-0.39, 0.29) is 24.0 Å². The monoisotopic (exact) mass is 1090 g/mol. The summed E-state index contributed by atoms with van der Waals surface area (Å²) < 4.78 is 19.7. The molecule has 2 atom stereocenters. The van der Waals surface area contributed by atoms with Gasteiger partial charge in [-0.25, -0.2) is 9.78 Å². The lowest BCUT2D eigenvalue weighted by atomic mass is 9.90. The highest BCUT2D eigenvalue weighted by Gasteiger charge is 2.37. The summed E-state index contributed by atoms with van der Waals surface area (Å²) in [5.74, 6) is 0.0806. The van der Waals surface area contributed by atoms with Crippen LogP contribution in [0, 0.1) is 0 Å². The molecular weight excluding hydrogens is 1020 g/mol. The molecule has 6 aromatic heterocycles. The van der Waals surface area contributed by atoms with E-state index in [2.05, 4.69) is 60.2 Å². The van der Waals surface area contributed by atoms with Crippen LogP contribution in [0.3, 0.4) is 0 Å². The Hall–Kier alpha value is -8.67. The molecule has 2 unspecified atom stereocenters. The van der Waals surface area contributed by atoms with Crippen LogP contribution in [0.15, 0.2) is 145 Å². The van der Waals surface area contributed by atoms with Gasteiger partial charge in [0, 0.05) is 88.1 Å².